The molecule has 3 aromatic rings. The number of nitrogens with zero attached hydrogens (tertiary/aromatic N) is 3. The third kappa shape index (κ3) is 6.08. The van der Waals surface area contributed by atoms with E-state index in [1.165, 1.54) is 34.9 Å². The number of carbonyl (C=O) groups is 1. The summed E-state index contributed by atoms with van der Waals surface area (Å²) in [5.74, 6) is -1.87. The molecular formula is C19H19ClF3N3OS2. The van der Waals surface area contributed by atoms with E-state index in [4.69, 9.17) is 0 Å². The predicted molar refractivity (Wildman–Crippen MR) is 115 cm³/mol. The third-order valence-corrected chi connectivity index (χ3v) is 5.90. The maximum absolute atomic E-state index is 14.0. The van der Waals surface area contributed by atoms with Crippen molar-refractivity contribution in [3.8, 4) is 0 Å². The fraction of sp³-hybridized carbons (Fsp3) is 0.263. The number of rotatable bonds is 7. The summed E-state index contributed by atoms with van der Waals surface area (Å²) < 4.78 is 40.8. The minimum atomic E-state index is -0.752. The van der Waals surface area contributed by atoms with Crippen LogP contribution in [-0.4, -0.2) is 48.7 Å². The molecule has 3 rings (SSSR count). The summed E-state index contributed by atoms with van der Waals surface area (Å²) in [6, 6.07) is 7.87. The molecule has 4 nitrogen and oxygen atoms in total. The van der Waals surface area contributed by atoms with Gasteiger partial charge in [-0.25, -0.2) is 18.2 Å². The van der Waals surface area contributed by atoms with Crippen molar-refractivity contribution in [1.29, 1.82) is 0 Å². The first kappa shape index (κ1) is 23.5. The van der Waals surface area contributed by atoms with Crippen LogP contribution >= 0.6 is 35.5 Å². The Kier molecular flexibility index (Phi) is 8.33. The van der Waals surface area contributed by atoms with Gasteiger partial charge in [-0.3, -0.25) is 9.69 Å². The highest BCUT2D eigenvalue weighted by Gasteiger charge is 2.21. The van der Waals surface area contributed by atoms with Crippen LogP contribution < -0.4 is 4.90 Å². The van der Waals surface area contributed by atoms with Gasteiger partial charge in [0.05, 0.1) is 10.5 Å². The smallest absolute Gasteiger partial charge is 0.239 e. The molecule has 0 fully saturated rings. The Hall–Kier alpha value is -1.81. The molecule has 0 bridgehead atoms. The van der Waals surface area contributed by atoms with Gasteiger partial charge in [0.1, 0.15) is 17.2 Å². The van der Waals surface area contributed by atoms with Crippen molar-refractivity contribution in [1.82, 2.24) is 9.88 Å². The molecule has 0 saturated carbocycles. The molecule has 0 saturated heterocycles. The molecule has 1 heterocycles. The molecule has 0 spiro atoms. The van der Waals surface area contributed by atoms with Crippen molar-refractivity contribution in [3.63, 3.8) is 0 Å². The second-order valence-corrected chi connectivity index (χ2v) is 8.38. The van der Waals surface area contributed by atoms with Gasteiger partial charge in [0.25, 0.3) is 0 Å². The number of amides is 1. The number of thioether (sulfide) groups is 1. The lowest BCUT2D eigenvalue weighted by atomic mass is 10.3. The van der Waals surface area contributed by atoms with Crippen molar-refractivity contribution in [2.24, 2.45) is 0 Å². The van der Waals surface area contributed by atoms with Gasteiger partial charge in [-0.15, -0.1) is 24.2 Å². The lowest BCUT2D eigenvalue weighted by molar-refractivity contribution is -0.116. The molecule has 1 aromatic heterocycles. The minimum absolute atomic E-state index is 0. The average molecular weight is 462 g/mol. The van der Waals surface area contributed by atoms with Crippen molar-refractivity contribution >= 4 is 56.8 Å². The van der Waals surface area contributed by atoms with Crippen LogP contribution in [0, 0.1) is 17.5 Å². The standard InChI is InChI=1S/C19H18F3N3OS2.ClH/c1-24(2)7-8-25(17(26)11-27-14-5-3-12(20)4-6-14)19-23-18-15(22)9-13(21)10-16(18)28-19;/h3-6,9-10H,7-8,11H2,1-2H3;1H. The van der Waals surface area contributed by atoms with Gasteiger partial charge in [-0.05, 0) is 44.4 Å². The maximum Gasteiger partial charge on any atom is 0.239 e. The van der Waals surface area contributed by atoms with Gasteiger partial charge in [0.2, 0.25) is 5.91 Å². The van der Waals surface area contributed by atoms with E-state index in [1.54, 1.807) is 12.1 Å². The summed E-state index contributed by atoms with van der Waals surface area (Å²) in [6.45, 7) is 0.944. The van der Waals surface area contributed by atoms with E-state index in [2.05, 4.69) is 4.98 Å². The Bertz CT molecular complexity index is 983. The fourth-order valence-electron chi connectivity index (χ4n) is 2.44. The second kappa shape index (κ2) is 10.3. The number of halogens is 4. The Balaban J connectivity index is 0.00000300. The van der Waals surface area contributed by atoms with Crippen LogP contribution in [0.25, 0.3) is 10.2 Å². The van der Waals surface area contributed by atoms with Crippen LogP contribution in [-0.2, 0) is 4.79 Å². The molecule has 29 heavy (non-hydrogen) atoms. The molecule has 0 unspecified atom stereocenters. The third-order valence-electron chi connectivity index (χ3n) is 3.88. The molecule has 0 aliphatic rings. The van der Waals surface area contributed by atoms with Crippen LogP contribution in [0.2, 0.25) is 0 Å². The number of hydrogen-bond acceptors (Lipinski definition) is 5. The van der Waals surface area contributed by atoms with Crippen LogP contribution in [0.15, 0.2) is 41.3 Å². The molecule has 0 aliphatic carbocycles. The fourth-order valence-corrected chi connectivity index (χ4v) is 4.26. The maximum atomic E-state index is 14.0. The average Bonchev–Trinajstić information content (AvgIpc) is 3.05. The van der Waals surface area contributed by atoms with E-state index < -0.39 is 11.6 Å². The van der Waals surface area contributed by atoms with Crippen molar-refractivity contribution in [3.05, 3.63) is 53.8 Å². The largest absolute Gasteiger partial charge is 0.308 e. The normalized spacial score (nSPS) is 11.0. The van der Waals surface area contributed by atoms with Gasteiger partial charge >= 0.3 is 0 Å². The molecule has 1 amide bonds. The first-order valence-electron chi connectivity index (χ1n) is 8.42. The number of fused-ring (bicyclic) bond motifs is 1. The van der Waals surface area contributed by atoms with Gasteiger partial charge in [-0.2, -0.15) is 0 Å². The molecular weight excluding hydrogens is 443 g/mol. The van der Waals surface area contributed by atoms with E-state index in [0.717, 1.165) is 22.3 Å². The summed E-state index contributed by atoms with van der Waals surface area (Å²) in [4.78, 5) is 21.2. The second-order valence-electron chi connectivity index (χ2n) is 6.32. The molecule has 10 heteroatoms. The molecule has 0 aliphatic heterocycles. The number of thiazole rings is 1. The predicted octanol–water partition coefficient (Wildman–Crippen LogP) is 4.82. The first-order valence-corrected chi connectivity index (χ1v) is 10.2. The lowest BCUT2D eigenvalue weighted by Gasteiger charge is -2.21. The molecule has 2 aromatic carbocycles. The van der Waals surface area contributed by atoms with Crippen LogP contribution in [0.3, 0.4) is 0 Å². The minimum Gasteiger partial charge on any atom is -0.308 e. The Morgan fingerprint density at radius 2 is 1.76 bits per heavy atom. The molecule has 0 N–H and O–H groups in total. The number of hydrogen-bond donors (Lipinski definition) is 0. The van der Waals surface area contributed by atoms with Crippen molar-refractivity contribution < 1.29 is 18.0 Å². The summed E-state index contributed by atoms with van der Waals surface area (Å²) >= 11 is 2.35. The Morgan fingerprint density at radius 3 is 2.41 bits per heavy atom. The van der Waals surface area contributed by atoms with Crippen molar-refractivity contribution in [2.75, 3.05) is 37.8 Å². The van der Waals surface area contributed by atoms with Crippen LogP contribution in [0.1, 0.15) is 0 Å². The molecule has 0 radical (unpaired) electrons. The highest BCUT2D eigenvalue weighted by Crippen LogP contribution is 2.32. The SMILES string of the molecule is CN(C)CCN(C(=O)CSc1ccc(F)cc1)c1nc2c(F)cc(F)cc2s1.Cl. The highest BCUT2D eigenvalue weighted by atomic mass is 35.5. The zero-order chi connectivity index (χ0) is 20.3. The van der Waals surface area contributed by atoms with Crippen molar-refractivity contribution in [2.45, 2.75) is 4.90 Å². The Morgan fingerprint density at radius 1 is 1.07 bits per heavy atom. The van der Waals surface area contributed by atoms with E-state index in [1.807, 2.05) is 19.0 Å². The number of anilines is 1. The zero-order valence-corrected chi connectivity index (χ0v) is 18.1. The van der Waals surface area contributed by atoms with E-state index in [-0.39, 0.29) is 35.4 Å². The number of carbonyl (C=O) groups excluding carboxylic acids is 1. The van der Waals surface area contributed by atoms with Gasteiger partial charge in [-0.1, -0.05) is 11.3 Å². The van der Waals surface area contributed by atoms with Crippen LogP contribution in [0.4, 0.5) is 18.3 Å². The van der Waals surface area contributed by atoms with Crippen LogP contribution in [0.5, 0.6) is 0 Å². The monoisotopic (exact) mass is 461 g/mol. The lowest BCUT2D eigenvalue weighted by Crippen LogP contribution is -2.37. The molecule has 156 valence electrons. The number of benzene rings is 2. The summed E-state index contributed by atoms with van der Waals surface area (Å²) in [6.07, 6.45) is 0. The van der Waals surface area contributed by atoms with Gasteiger partial charge in [0.15, 0.2) is 10.9 Å². The first-order chi connectivity index (χ1) is 13.3. The highest BCUT2D eigenvalue weighted by molar-refractivity contribution is 8.00. The topological polar surface area (TPSA) is 36.4 Å². The summed E-state index contributed by atoms with van der Waals surface area (Å²) in [5.41, 5.74) is 0.0511. The molecule has 0 atom stereocenters. The number of likely N-dealkylation sites (N-methyl/N-ethyl adjacent to an activating group) is 1. The van der Waals surface area contributed by atoms with E-state index in [9.17, 15) is 18.0 Å². The Labute approximate surface area is 181 Å². The summed E-state index contributed by atoms with van der Waals surface area (Å²) in [7, 11) is 3.76. The number of aromatic nitrogens is 1. The zero-order valence-electron chi connectivity index (χ0n) is 15.7. The van der Waals surface area contributed by atoms with E-state index >= 15 is 0 Å². The quantitative estimate of drug-likeness (QED) is 0.472. The van der Waals surface area contributed by atoms with Gasteiger partial charge < -0.3 is 4.90 Å². The summed E-state index contributed by atoms with van der Waals surface area (Å²) in [5, 5.41) is 0.325. The van der Waals surface area contributed by atoms with E-state index in [0.29, 0.717) is 22.9 Å². The van der Waals surface area contributed by atoms with Gasteiger partial charge in [0, 0.05) is 24.1 Å².